The van der Waals surface area contributed by atoms with Gasteiger partial charge in [0.05, 0.1) is 0 Å². The minimum absolute atomic E-state index is 0.102. The first-order valence-electron chi connectivity index (χ1n) is 5.53. The molecule has 0 bridgehead atoms. The van der Waals surface area contributed by atoms with Crippen LogP contribution < -0.4 is 10.9 Å². The third-order valence-corrected chi connectivity index (χ3v) is 2.57. The summed E-state index contributed by atoms with van der Waals surface area (Å²) in [7, 11) is 3.52. The summed E-state index contributed by atoms with van der Waals surface area (Å²) in [6.07, 6.45) is 0.861. The zero-order valence-corrected chi connectivity index (χ0v) is 10.2. The predicted octanol–water partition coefficient (Wildman–Crippen LogP) is 0.913. The van der Waals surface area contributed by atoms with Gasteiger partial charge < -0.3 is 14.6 Å². The van der Waals surface area contributed by atoms with Gasteiger partial charge >= 0.3 is 0 Å². The number of pyridine rings is 1. The van der Waals surface area contributed by atoms with E-state index in [0.29, 0.717) is 13.2 Å². The minimum Gasteiger partial charge on any atom is -0.385 e. The molecule has 1 rings (SSSR count). The molecule has 1 aromatic heterocycles. The number of aromatic nitrogens is 1. The summed E-state index contributed by atoms with van der Waals surface area (Å²) in [5, 5.41) is 3.00. The molecule has 1 heterocycles. The van der Waals surface area contributed by atoms with E-state index in [9.17, 15) is 4.79 Å². The van der Waals surface area contributed by atoms with E-state index in [4.69, 9.17) is 4.74 Å². The van der Waals surface area contributed by atoms with Crippen molar-refractivity contribution >= 4 is 0 Å². The van der Waals surface area contributed by atoms with E-state index in [2.05, 4.69) is 5.32 Å². The molecule has 0 unspecified atom stereocenters. The van der Waals surface area contributed by atoms with E-state index in [-0.39, 0.29) is 5.56 Å². The number of ether oxygens (including phenoxy) is 1. The Morgan fingerprint density at radius 2 is 2.19 bits per heavy atom. The van der Waals surface area contributed by atoms with Crippen molar-refractivity contribution in [2.75, 3.05) is 20.8 Å². The van der Waals surface area contributed by atoms with Crippen molar-refractivity contribution in [2.45, 2.75) is 26.4 Å². The Morgan fingerprint density at radius 3 is 2.81 bits per heavy atom. The predicted molar refractivity (Wildman–Crippen MR) is 64.7 cm³/mol. The smallest absolute Gasteiger partial charge is 0.255 e. The van der Waals surface area contributed by atoms with E-state index in [1.165, 1.54) is 0 Å². The highest BCUT2D eigenvalue weighted by Crippen LogP contribution is 2.00. The number of nitrogens with zero attached hydrogens (tertiary/aromatic N) is 1. The number of hydrogen-bond donors (Lipinski definition) is 1. The topological polar surface area (TPSA) is 43.3 Å². The van der Waals surface area contributed by atoms with Crippen LogP contribution in [-0.4, -0.2) is 25.3 Å². The zero-order chi connectivity index (χ0) is 12.0. The molecule has 16 heavy (non-hydrogen) atoms. The molecule has 4 nitrogen and oxygen atoms in total. The quantitative estimate of drug-likeness (QED) is 0.730. The Bertz CT molecular complexity index is 385. The van der Waals surface area contributed by atoms with Gasteiger partial charge in [-0.3, -0.25) is 4.79 Å². The van der Waals surface area contributed by atoms with Crippen LogP contribution in [0.1, 0.15) is 17.7 Å². The molecule has 4 heteroatoms. The van der Waals surface area contributed by atoms with Crippen molar-refractivity contribution in [3.8, 4) is 0 Å². The van der Waals surface area contributed by atoms with Crippen molar-refractivity contribution in [1.29, 1.82) is 0 Å². The number of aryl methyl sites for hydroxylation is 1. The fraction of sp³-hybridized carbons (Fsp3) is 0.583. The maximum Gasteiger partial charge on any atom is 0.255 e. The normalized spacial score (nSPS) is 10.7. The Hall–Kier alpha value is -1.13. The van der Waals surface area contributed by atoms with Gasteiger partial charge in [-0.05, 0) is 26.5 Å². The molecular formula is C12H20N2O2. The molecule has 0 aliphatic carbocycles. The molecule has 90 valence electrons. The maximum absolute atomic E-state index is 12.1. The lowest BCUT2D eigenvalue weighted by atomic mass is 10.2. The molecule has 0 aromatic carbocycles. The van der Waals surface area contributed by atoms with E-state index in [1.54, 1.807) is 7.11 Å². The summed E-state index contributed by atoms with van der Waals surface area (Å²) in [4.78, 5) is 12.1. The third-order valence-electron chi connectivity index (χ3n) is 2.57. The second-order valence-electron chi connectivity index (χ2n) is 3.83. The van der Waals surface area contributed by atoms with Gasteiger partial charge in [-0.15, -0.1) is 0 Å². The van der Waals surface area contributed by atoms with Gasteiger partial charge in [0.25, 0.3) is 5.56 Å². The van der Waals surface area contributed by atoms with Gasteiger partial charge in [0, 0.05) is 38.1 Å². The van der Waals surface area contributed by atoms with Crippen LogP contribution >= 0.6 is 0 Å². The van der Waals surface area contributed by atoms with Crippen molar-refractivity contribution in [1.82, 2.24) is 9.88 Å². The molecule has 0 spiro atoms. The summed E-state index contributed by atoms with van der Waals surface area (Å²) in [5.41, 5.74) is 1.91. The number of nitrogens with one attached hydrogen (secondary N) is 1. The van der Waals surface area contributed by atoms with Crippen LogP contribution in [0, 0.1) is 6.92 Å². The fourth-order valence-electron chi connectivity index (χ4n) is 1.69. The average Bonchev–Trinajstić information content (AvgIpc) is 2.27. The number of methoxy groups -OCH3 is 1. The van der Waals surface area contributed by atoms with Crippen molar-refractivity contribution in [3.63, 3.8) is 0 Å². The van der Waals surface area contributed by atoms with Gasteiger partial charge in [-0.1, -0.05) is 6.07 Å². The van der Waals surface area contributed by atoms with Crippen LogP contribution in [0.2, 0.25) is 0 Å². The Morgan fingerprint density at radius 1 is 1.44 bits per heavy atom. The fourth-order valence-corrected chi connectivity index (χ4v) is 1.69. The van der Waals surface area contributed by atoms with Gasteiger partial charge in [-0.2, -0.15) is 0 Å². The van der Waals surface area contributed by atoms with Crippen LogP contribution in [0.3, 0.4) is 0 Å². The van der Waals surface area contributed by atoms with E-state index < -0.39 is 0 Å². The first kappa shape index (κ1) is 12.9. The summed E-state index contributed by atoms with van der Waals surface area (Å²) in [6, 6.07) is 3.88. The van der Waals surface area contributed by atoms with Crippen LogP contribution in [0.15, 0.2) is 16.9 Å². The van der Waals surface area contributed by atoms with Crippen LogP contribution in [-0.2, 0) is 17.8 Å². The average molecular weight is 224 g/mol. The summed E-state index contributed by atoms with van der Waals surface area (Å²) < 4.78 is 6.80. The highest BCUT2D eigenvalue weighted by Gasteiger charge is 2.05. The second kappa shape index (κ2) is 6.45. The van der Waals surface area contributed by atoms with E-state index >= 15 is 0 Å². The van der Waals surface area contributed by atoms with Crippen molar-refractivity contribution in [3.05, 3.63) is 33.7 Å². The standard InChI is InChI=1S/C12H20N2O2/c1-10-5-6-11(9-13-2)12(15)14(10)7-4-8-16-3/h5-6,13H,4,7-9H2,1-3H3. The van der Waals surface area contributed by atoms with Gasteiger partial charge in [-0.25, -0.2) is 0 Å². The molecular weight excluding hydrogens is 204 g/mol. The zero-order valence-electron chi connectivity index (χ0n) is 10.2. The molecule has 0 aliphatic heterocycles. The largest absolute Gasteiger partial charge is 0.385 e. The van der Waals surface area contributed by atoms with Gasteiger partial charge in [0.2, 0.25) is 0 Å². The lowest BCUT2D eigenvalue weighted by Crippen LogP contribution is -2.28. The summed E-state index contributed by atoms with van der Waals surface area (Å²) in [6.45, 7) is 3.97. The van der Waals surface area contributed by atoms with E-state index in [1.807, 2.05) is 30.7 Å². The first-order chi connectivity index (χ1) is 7.70. The molecule has 0 saturated carbocycles. The molecule has 0 amide bonds. The summed E-state index contributed by atoms with van der Waals surface area (Å²) in [5.74, 6) is 0. The van der Waals surface area contributed by atoms with Crippen molar-refractivity contribution in [2.24, 2.45) is 0 Å². The molecule has 1 N–H and O–H groups in total. The Labute approximate surface area is 96.2 Å². The summed E-state index contributed by atoms with van der Waals surface area (Å²) >= 11 is 0. The van der Waals surface area contributed by atoms with Gasteiger partial charge in [0.15, 0.2) is 0 Å². The van der Waals surface area contributed by atoms with Crippen LogP contribution in [0.4, 0.5) is 0 Å². The molecule has 0 radical (unpaired) electrons. The second-order valence-corrected chi connectivity index (χ2v) is 3.83. The molecule has 0 fully saturated rings. The van der Waals surface area contributed by atoms with Crippen LogP contribution in [0.5, 0.6) is 0 Å². The number of hydrogen-bond acceptors (Lipinski definition) is 3. The SMILES string of the molecule is CNCc1ccc(C)n(CCCOC)c1=O. The third kappa shape index (κ3) is 3.18. The molecule has 1 aromatic rings. The molecule has 0 aliphatic rings. The van der Waals surface area contributed by atoms with Crippen molar-refractivity contribution < 1.29 is 4.74 Å². The lowest BCUT2D eigenvalue weighted by molar-refractivity contribution is 0.189. The first-order valence-corrected chi connectivity index (χ1v) is 5.53. The Balaban J connectivity index is 2.88. The lowest BCUT2D eigenvalue weighted by Gasteiger charge is -2.11. The van der Waals surface area contributed by atoms with Gasteiger partial charge in [0.1, 0.15) is 0 Å². The molecule has 0 saturated heterocycles. The van der Waals surface area contributed by atoms with Crippen LogP contribution in [0.25, 0.3) is 0 Å². The minimum atomic E-state index is 0.102. The highest BCUT2D eigenvalue weighted by atomic mass is 16.5. The van der Waals surface area contributed by atoms with E-state index in [0.717, 1.165) is 24.2 Å². The number of rotatable bonds is 6. The monoisotopic (exact) mass is 224 g/mol. The maximum atomic E-state index is 12.1. The molecule has 0 atom stereocenters. The highest BCUT2D eigenvalue weighted by molar-refractivity contribution is 5.15. The Kier molecular flexibility index (Phi) is 5.22.